The monoisotopic (exact) mass is 337 g/mol. The van der Waals surface area contributed by atoms with Crippen molar-refractivity contribution in [1.29, 1.82) is 0 Å². The van der Waals surface area contributed by atoms with Gasteiger partial charge in [0.15, 0.2) is 0 Å². The minimum atomic E-state index is -0.697. The molecule has 2 aromatic rings. The predicted molar refractivity (Wildman–Crippen MR) is 95.0 cm³/mol. The molecule has 0 radical (unpaired) electrons. The number of carbonyl (C=O) groups is 2. The van der Waals surface area contributed by atoms with Crippen molar-refractivity contribution in [2.75, 3.05) is 30.8 Å². The predicted octanol–water partition coefficient (Wildman–Crippen LogP) is 2.82. The number of likely N-dealkylation sites (tertiary alicyclic amines) is 1. The van der Waals surface area contributed by atoms with Crippen LogP contribution >= 0.6 is 0 Å². The van der Waals surface area contributed by atoms with Gasteiger partial charge in [0, 0.05) is 24.5 Å². The Morgan fingerprint density at radius 2 is 2.04 bits per heavy atom. The molecule has 2 N–H and O–H groups in total. The second kappa shape index (κ2) is 5.81. The molecule has 2 aliphatic heterocycles. The van der Waals surface area contributed by atoms with Crippen LogP contribution in [0.15, 0.2) is 48.5 Å². The molecule has 6 heteroatoms. The smallest absolute Gasteiger partial charge is 0.321 e. The molecule has 1 unspecified atom stereocenters. The van der Waals surface area contributed by atoms with Crippen LogP contribution in [0, 0.1) is 0 Å². The number of nitrogens with one attached hydrogen (secondary N) is 2. The van der Waals surface area contributed by atoms with E-state index in [2.05, 4.69) is 10.6 Å². The average molecular weight is 337 g/mol. The number of hydrogen-bond acceptors (Lipinski definition) is 3. The number of methoxy groups -OCH3 is 1. The van der Waals surface area contributed by atoms with E-state index in [1.807, 2.05) is 48.5 Å². The van der Waals surface area contributed by atoms with Gasteiger partial charge in [0.2, 0.25) is 5.91 Å². The number of carbonyl (C=O) groups excluding carboxylic acids is 2. The van der Waals surface area contributed by atoms with Crippen molar-refractivity contribution in [2.24, 2.45) is 0 Å². The summed E-state index contributed by atoms with van der Waals surface area (Å²) in [6, 6.07) is 14.7. The Balaban J connectivity index is 1.58. The Bertz CT molecular complexity index is 837. The van der Waals surface area contributed by atoms with E-state index in [1.54, 1.807) is 12.0 Å². The molecule has 25 heavy (non-hydrogen) atoms. The summed E-state index contributed by atoms with van der Waals surface area (Å²) in [6.45, 7) is 0.889. The van der Waals surface area contributed by atoms with Crippen LogP contribution in [0.3, 0.4) is 0 Å². The van der Waals surface area contributed by atoms with Crippen LogP contribution < -0.4 is 15.4 Å². The van der Waals surface area contributed by atoms with Gasteiger partial charge in [-0.25, -0.2) is 4.79 Å². The van der Waals surface area contributed by atoms with Gasteiger partial charge in [-0.05, 0) is 42.3 Å². The topological polar surface area (TPSA) is 70.7 Å². The highest BCUT2D eigenvalue weighted by atomic mass is 16.5. The Morgan fingerprint density at radius 1 is 1.24 bits per heavy atom. The molecule has 1 spiro atoms. The van der Waals surface area contributed by atoms with Crippen molar-refractivity contribution >= 4 is 23.3 Å². The molecule has 2 aliphatic rings. The van der Waals surface area contributed by atoms with Gasteiger partial charge in [0.25, 0.3) is 0 Å². The SMILES string of the molecule is COc1ccc2c(c1)C1(CCN(C(=O)Nc3ccccc3)C1)C(=O)N2. The third-order valence-corrected chi connectivity index (χ3v) is 5.01. The van der Waals surface area contributed by atoms with Gasteiger partial charge in [-0.1, -0.05) is 18.2 Å². The van der Waals surface area contributed by atoms with Crippen molar-refractivity contribution in [1.82, 2.24) is 4.90 Å². The summed E-state index contributed by atoms with van der Waals surface area (Å²) < 4.78 is 5.30. The Hall–Kier alpha value is -3.02. The highest BCUT2D eigenvalue weighted by Gasteiger charge is 2.52. The van der Waals surface area contributed by atoms with E-state index in [0.29, 0.717) is 25.3 Å². The lowest BCUT2D eigenvalue weighted by Crippen LogP contribution is -2.40. The molecule has 2 aromatic carbocycles. The third-order valence-electron chi connectivity index (χ3n) is 5.01. The molecule has 1 fully saturated rings. The lowest BCUT2D eigenvalue weighted by molar-refractivity contribution is -0.120. The van der Waals surface area contributed by atoms with Crippen LogP contribution in [-0.2, 0) is 10.2 Å². The Kier molecular flexibility index (Phi) is 3.60. The molecule has 6 nitrogen and oxygen atoms in total. The lowest BCUT2D eigenvalue weighted by Gasteiger charge is -2.23. The molecular weight excluding hydrogens is 318 g/mol. The van der Waals surface area contributed by atoms with Gasteiger partial charge in [0.05, 0.1) is 12.5 Å². The molecule has 0 bridgehead atoms. The minimum absolute atomic E-state index is 0.0502. The first-order valence-electron chi connectivity index (χ1n) is 8.23. The first kappa shape index (κ1) is 15.5. The number of fused-ring (bicyclic) bond motifs is 2. The average Bonchev–Trinajstić information content (AvgIpc) is 3.19. The van der Waals surface area contributed by atoms with E-state index in [9.17, 15) is 9.59 Å². The van der Waals surface area contributed by atoms with E-state index in [4.69, 9.17) is 4.74 Å². The normalized spacial score (nSPS) is 21.2. The van der Waals surface area contributed by atoms with E-state index >= 15 is 0 Å². The van der Waals surface area contributed by atoms with Crippen LogP contribution in [0.1, 0.15) is 12.0 Å². The molecule has 4 rings (SSSR count). The molecule has 1 saturated heterocycles. The van der Waals surface area contributed by atoms with Crippen molar-refractivity contribution in [3.63, 3.8) is 0 Å². The molecule has 1 atom stereocenters. The first-order chi connectivity index (χ1) is 12.1. The number of rotatable bonds is 2. The Morgan fingerprint density at radius 3 is 2.80 bits per heavy atom. The lowest BCUT2D eigenvalue weighted by atomic mass is 9.81. The van der Waals surface area contributed by atoms with E-state index in [0.717, 1.165) is 16.9 Å². The molecule has 2 heterocycles. The van der Waals surface area contributed by atoms with Gasteiger partial charge in [-0.2, -0.15) is 0 Å². The zero-order valence-electron chi connectivity index (χ0n) is 13.9. The van der Waals surface area contributed by atoms with Crippen molar-refractivity contribution in [2.45, 2.75) is 11.8 Å². The fraction of sp³-hybridized carbons (Fsp3) is 0.263. The minimum Gasteiger partial charge on any atom is -0.497 e. The fourth-order valence-electron chi connectivity index (χ4n) is 3.63. The zero-order valence-corrected chi connectivity index (χ0v) is 13.9. The highest BCUT2D eigenvalue weighted by Crippen LogP contribution is 2.45. The second-order valence-corrected chi connectivity index (χ2v) is 6.42. The number of ether oxygens (including phenoxy) is 1. The molecular formula is C19H19N3O3. The third kappa shape index (κ3) is 2.50. The molecule has 3 amide bonds. The maximum Gasteiger partial charge on any atom is 0.321 e. The molecule has 0 saturated carbocycles. The van der Waals surface area contributed by atoms with E-state index in [1.165, 1.54) is 0 Å². The van der Waals surface area contributed by atoms with Crippen molar-refractivity contribution < 1.29 is 14.3 Å². The van der Waals surface area contributed by atoms with Crippen LogP contribution in [-0.4, -0.2) is 37.0 Å². The standard InChI is InChI=1S/C19H19N3O3/c1-25-14-7-8-16-15(11-14)19(17(23)21-16)9-10-22(12-19)18(24)20-13-5-3-2-4-6-13/h2-8,11H,9-10,12H2,1H3,(H,20,24)(H,21,23). The summed E-state index contributed by atoms with van der Waals surface area (Å²) in [4.78, 5) is 26.9. The largest absolute Gasteiger partial charge is 0.497 e. The summed E-state index contributed by atoms with van der Waals surface area (Å²) in [5.74, 6) is 0.660. The number of nitrogens with zero attached hydrogens (tertiary/aromatic N) is 1. The molecule has 0 aromatic heterocycles. The molecule has 0 aliphatic carbocycles. The van der Waals surface area contributed by atoms with Crippen LogP contribution in [0.5, 0.6) is 5.75 Å². The van der Waals surface area contributed by atoms with Gasteiger partial charge in [-0.15, -0.1) is 0 Å². The first-order valence-corrected chi connectivity index (χ1v) is 8.23. The van der Waals surface area contributed by atoms with Gasteiger partial charge in [0.1, 0.15) is 5.75 Å². The summed E-state index contributed by atoms with van der Waals surface area (Å²) in [6.07, 6.45) is 0.598. The number of anilines is 2. The maximum atomic E-state index is 12.7. The quantitative estimate of drug-likeness (QED) is 0.885. The number of benzene rings is 2. The van der Waals surface area contributed by atoms with Crippen LogP contribution in [0.4, 0.5) is 16.2 Å². The highest BCUT2D eigenvalue weighted by molar-refractivity contribution is 6.07. The van der Waals surface area contributed by atoms with Crippen molar-refractivity contribution in [3.8, 4) is 5.75 Å². The fourth-order valence-corrected chi connectivity index (χ4v) is 3.63. The van der Waals surface area contributed by atoms with E-state index in [-0.39, 0.29) is 11.9 Å². The Labute approximate surface area is 145 Å². The van der Waals surface area contributed by atoms with Crippen LogP contribution in [0.2, 0.25) is 0 Å². The second-order valence-electron chi connectivity index (χ2n) is 6.42. The maximum absolute atomic E-state index is 12.7. The van der Waals surface area contributed by atoms with Gasteiger partial charge in [-0.3, -0.25) is 4.79 Å². The summed E-state index contributed by atoms with van der Waals surface area (Å²) >= 11 is 0. The summed E-state index contributed by atoms with van der Waals surface area (Å²) in [5.41, 5.74) is 1.76. The zero-order chi connectivity index (χ0) is 17.4. The number of urea groups is 1. The summed E-state index contributed by atoms with van der Waals surface area (Å²) in [7, 11) is 1.60. The van der Waals surface area contributed by atoms with E-state index < -0.39 is 5.41 Å². The van der Waals surface area contributed by atoms with Gasteiger partial charge >= 0.3 is 6.03 Å². The molecule has 128 valence electrons. The van der Waals surface area contributed by atoms with Crippen molar-refractivity contribution in [3.05, 3.63) is 54.1 Å². The number of hydrogen-bond donors (Lipinski definition) is 2. The van der Waals surface area contributed by atoms with Gasteiger partial charge < -0.3 is 20.3 Å². The summed E-state index contributed by atoms with van der Waals surface area (Å²) in [5, 5.41) is 5.82. The number of para-hydroxylation sites is 1. The number of amides is 3. The van der Waals surface area contributed by atoms with Crippen LogP contribution in [0.25, 0.3) is 0 Å².